The van der Waals surface area contributed by atoms with Crippen molar-refractivity contribution in [3.8, 4) is 0 Å². The molecule has 0 radical (unpaired) electrons. The van der Waals surface area contributed by atoms with Gasteiger partial charge < -0.3 is 10.1 Å². The Labute approximate surface area is 167 Å². The second kappa shape index (κ2) is 9.89. The van der Waals surface area contributed by atoms with E-state index in [1.54, 1.807) is 19.9 Å². The molecule has 0 heterocycles. The van der Waals surface area contributed by atoms with Crippen molar-refractivity contribution in [3.63, 3.8) is 0 Å². The first-order valence-corrected chi connectivity index (χ1v) is 9.66. The molecule has 2 rings (SSSR count). The topological polar surface area (TPSA) is 98.5 Å². The molecule has 2 aromatic carbocycles. The SMILES string of the molecule is Cc1ccc(SCCC(=O)OCC(=O)Nc2c([N+](=O)[O-])ccc(C)c2C)cc1. The molecular weight excluding hydrogens is 380 g/mol. The van der Waals surface area contributed by atoms with E-state index >= 15 is 0 Å². The molecule has 0 aliphatic carbocycles. The average Bonchev–Trinajstić information content (AvgIpc) is 2.65. The van der Waals surface area contributed by atoms with E-state index in [2.05, 4.69) is 5.32 Å². The molecule has 8 heteroatoms. The summed E-state index contributed by atoms with van der Waals surface area (Å²) in [5, 5.41) is 13.6. The van der Waals surface area contributed by atoms with Crippen LogP contribution >= 0.6 is 11.8 Å². The number of nitro groups is 1. The van der Waals surface area contributed by atoms with Gasteiger partial charge in [-0.3, -0.25) is 19.7 Å². The first kappa shape index (κ1) is 21.4. The Balaban J connectivity index is 1.82. The van der Waals surface area contributed by atoms with Gasteiger partial charge in [0.05, 0.1) is 11.3 Å². The average molecular weight is 402 g/mol. The van der Waals surface area contributed by atoms with Crippen molar-refractivity contribution >= 4 is 35.0 Å². The number of hydrogen-bond donors (Lipinski definition) is 1. The lowest BCUT2D eigenvalue weighted by Gasteiger charge is -2.11. The van der Waals surface area contributed by atoms with Gasteiger partial charge in [0.15, 0.2) is 6.61 Å². The van der Waals surface area contributed by atoms with E-state index in [0.29, 0.717) is 11.3 Å². The third-order valence-electron chi connectivity index (χ3n) is 4.14. The number of hydrogen-bond acceptors (Lipinski definition) is 6. The number of ether oxygens (including phenoxy) is 1. The number of esters is 1. The fourth-order valence-corrected chi connectivity index (χ4v) is 3.22. The normalized spacial score (nSPS) is 10.4. The number of amides is 1. The third kappa shape index (κ3) is 6.09. The van der Waals surface area contributed by atoms with Crippen LogP contribution in [0.25, 0.3) is 0 Å². The summed E-state index contributed by atoms with van der Waals surface area (Å²) in [4.78, 5) is 35.5. The van der Waals surface area contributed by atoms with E-state index in [9.17, 15) is 19.7 Å². The van der Waals surface area contributed by atoms with Crippen LogP contribution in [0.4, 0.5) is 11.4 Å². The van der Waals surface area contributed by atoms with Gasteiger partial charge in [-0.1, -0.05) is 23.8 Å². The Morgan fingerprint density at radius 2 is 1.79 bits per heavy atom. The number of nitrogens with zero attached hydrogens (tertiary/aromatic N) is 1. The largest absolute Gasteiger partial charge is 0.456 e. The van der Waals surface area contributed by atoms with E-state index in [1.807, 2.05) is 31.2 Å². The number of anilines is 1. The molecule has 0 spiro atoms. The van der Waals surface area contributed by atoms with Gasteiger partial charge in [0, 0.05) is 16.7 Å². The zero-order valence-corrected chi connectivity index (χ0v) is 16.8. The zero-order valence-electron chi connectivity index (χ0n) is 16.0. The van der Waals surface area contributed by atoms with Crippen molar-refractivity contribution in [2.24, 2.45) is 0 Å². The fraction of sp³-hybridized carbons (Fsp3) is 0.300. The summed E-state index contributed by atoms with van der Waals surface area (Å²) in [7, 11) is 0. The maximum atomic E-state index is 12.1. The Kier molecular flexibility index (Phi) is 7.57. The number of rotatable bonds is 8. The molecule has 1 amide bonds. The lowest BCUT2D eigenvalue weighted by atomic mass is 10.1. The van der Waals surface area contributed by atoms with E-state index in [1.165, 1.54) is 23.4 Å². The van der Waals surface area contributed by atoms with Crippen LogP contribution in [0, 0.1) is 30.9 Å². The van der Waals surface area contributed by atoms with Crippen LogP contribution < -0.4 is 5.32 Å². The number of nitro benzene ring substituents is 1. The summed E-state index contributed by atoms with van der Waals surface area (Å²) in [5.41, 5.74) is 2.51. The molecule has 0 atom stereocenters. The standard InChI is InChI=1S/C20H22N2O5S/c1-13-4-7-16(8-5-13)28-11-10-19(24)27-12-18(23)21-20-15(3)14(2)6-9-17(20)22(25)26/h4-9H,10-12H2,1-3H3,(H,21,23). The molecular formula is C20H22N2O5S. The Bertz CT molecular complexity index is 881. The Morgan fingerprint density at radius 1 is 1.11 bits per heavy atom. The summed E-state index contributed by atoms with van der Waals surface area (Å²) in [5.74, 6) is -0.576. The maximum absolute atomic E-state index is 12.1. The molecule has 0 fully saturated rings. The highest BCUT2D eigenvalue weighted by molar-refractivity contribution is 7.99. The predicted octanol–water partition coefficient (Wildman–Crippen LogP) is 4.18. The van der Waals surface area contributed by atoms with E-state index in [0.717, 1.165) is 10.5 Å². The minimum Gasteiger partial charge on any atom is -0.456 e. The number of carbonyl (C=O) groups excluding carboxylic acids is 2. The highest BCUT2D eigenvalue weighted by atomic mass is 32.2. The first-order chi connectivity index (χ1) is 13.3. The highest BCUT2D eigenvalue weighted by Gasteiger charge is 2.20. The molecule has 7 nitrogen and oxygen atoms in total. The molecule has 148 valence electrons. The first-order valence-electron chi connectivity index (χ1n) is 8.67. The molecule has 0 bridgehead atoms. The number of nitrogens with one attached hydrogen (secondary N) is 1. The molecule has 0 saturated carbocycles. The number of thioether (sulfide) groups is 1. The second-order valence-corrected chi connectivity index (χ2v) is 7.45. The van der Waals surface area contributed by atoms with Crippen LogP contribution in [-0.2, 0) is 14.3 Å². The molecule has 0 unspecified atom stereocenters. The van der Waals surface area contributed by atoms with Gasteiger partial charge in [-0.05, 0) is 44.0 Å². The zero-order chi connectivity index (χ0) is 20.7. The molecule has 28 heavy (non-hydrogen) atoms. The van der Waals surface area contributed by atoms with Gasteiger partial charge in [0.25, 0.3) is 11.6 Å². The van der Waals surface area contributed by atoms with Gasteiger partial charge in [-0.25, -0.2) is 0 Å². The number of carbonyl (C=O) groups is 2. The molecule has 0 aliphatic heterocycles. The fourth-order valence-electron chi connectivity index (χ4n) is 2.39. The quantitative estimate of drug-likeness (QED) is 0.308. The summed E-state index contributed by atoms with van der Waals surface area (Å²) in [6.07, 6.45) is 0.162. The molecule has 0 aromatic heterocycles. The molecule has 1 N–H and O–H groups in total. The molecule has 2 aromatic rings. The lowest BCUT2D eigenvalue weighted by Crippen LogP contribution is -2.22. The lowest BCUT2D eigenvalue weighted by molar-refractivity contribution is -0.384. The summed E-state index contributed by atoms with van der Waals surface area (Å²) in [6.45, 7) is 5.00. The van der Waals surface area contributed by atoms with E-state index in [4.69, 9.17) is 4.74 Å². The molecule has 0 saturated heterocycles. The van der Waals surface area contributed by atoms with Gasteiger partial charge in [-0.15, -0.1) is 11.8 Å². The second-order valence-electron chi connectivity index (χ2n) is 6.28. The monoisotopic (exact) mass is 402 g/mol. The summed E-state index contributed by atoms with van der Waals surface area (Å²) < 4.78 is 4.97. The smallest absolute Gasteiger partial charge is 0.307 e. The summed E-state index contributed by atoms with van der Waals surface area (Å²) >= 11 is 1.53. The number of aryl methyl sites for hydroxylation is 2. The van der Waals surface area contributed by atoms with Crippen LogP contribution in [0.5, 0.6) is 0 Å². The number of benzene rings is 2. The van der Waals surface area contributed by atoms with E-state index < -0.39 is 23.4 Å². The maximum Gasteiger partial charge on any atom is 0.307 e. The van der Waals surface area contributed by atoms with Crippen LogP contribution in [0.2, 0.25) is 0 Å². The minimum absolute atomic E-state index is 0.126. The van der Waals surface area contributed by atoms with Gasteiger partial charge >= 0.3 is 5.97 Å². The highest BCUT2D eigenvalue weighted by Crippen LogP contribution is 2.30. The predicted molar refractivity (Wildman–Crippen MR) is 109 cm³/mol. The van der Waals surface area contributed by atoms with Crippen molar-refractivity contribution in [1.82, 2.24) is 0 Å². The van der Waals surface area contributed by atoms with Crippen molar-refractivity contribution in [2.45, 2.75) is 32.1 Å². The van der Waals surface area contributed by atoms with Crippen LogP contribution in [0.3, 0.4) is 0 Å². The van der Waals surface area contributed by atoms with Crippen molar-refractivity contribution in [3.05, 3.63) is 63.2 Å². The third-order valence-corrected chi connectivity index (χ3v) is 5.15. The Hall–Kier alpha value is -2.87. The van der Waals surface area contributed by atoms with Gasteiger partial charge in [-0.2, -0.15) is 0 Å². The van der Waals surface area contributed by atoms with E-state index in [-0.39, 0.29) is 17.8 Å². The van der Waals surface area contributed by atoms with Crippen LogP contribution in [0.15, 0.2) is 41.3 Å². The Morgan fingerprint density at radius 3 is 2.43 bits per heavy atom. The molecule has 0 aliphatic rings. The van der Waals surface area contributed by atoms with Crippen molar-refractivity contribution in [2.75, 3.05) is 17.7 Å². The van der Waals surface area contributed by atoms with Crippen LogP contribution in [0.1, 0.15) is 23.1 Å². The van der Waals surface area contributed by atoms with Gasteiger partial charge in [0.2, 0.25) is 0 Å². The van der Waals surface area contributed by atoms with Gasteiger partial charge in [0.1, 0.15) is 5.69 Å². The van der Waals surface area contributed by atoms with Crippen molar-refractivity contribution < 1.29 is 19.2 Å². The minimum atomic E-state index is -0.615. The van der Waals surface area contributed by atoms with Crippen LogP contribution in [-0.4, -0.2) is 29.2 Å². The van der Waals surface area contributed by atoms with Crippen molar-refractivity contribution in [1.29, 1.82) is 0 Å². The summed E-state index contributed by atoms with van der Waals surface area (Å²) in [6, 6.07) is 10.9.